The van der Waals surface area contributed by atoms with Crippen LogP contribution in [0.1, 0.15) is 20.3 Å². The fourth-order valence-electron chi connectivity index (χ4n) is 1.41. The van der Waals surface area contributed by atoms with Gasteiger partial charge in [0.05, 0.1) is 15.6 Å². The van der Waals surface area contributed by atoms with Gasteiger partial charge in [-0.3, -0.25) is 14.9 Å². The van der Waals surface area contributed by atoms with Crippen LogP contribution in [0.25, 0.3) is 0 Å². The number of nitrogens with zero attached hydrogens (tertiary/aromatic N) is 1. The summed E-state index contributed by atoms with van der Waals surface area (Å²) in [4.78, 5) is 21.6. The van der Waals surface area contributed by atoms with E-state index in [1.165, 1.54) is 18.2 Å². The SMILES string of the molecule is CC(C)NCCC(=O)Nc1ccc([N+](=O)[O-])cc1Cl. The van der Waals surface area contributed by atoms with Crippen LogP contribution in [0.3, 0.4) is 0 Å². The molecule has 0 atom stereocenters. The molecule has 0 heterocycles. The highest BCUT2D eigenvalue weighted by molar-refractivity contribution is 6.33. The average molecular weight is 286 g/mol. The van der Waals surface area contributed by atoms with Crippen molar-refractivity contribution in [1.82, 2.24) is 5.32 Å². The van der Waals surface area contributed by atoms with E-state index in [0.29, 0.717) is 24.7 Å². The minimum Gasteiger partial charge on any atom is -0.325 e. The van der Waals surface area contributed by atoms with Gasteiger partial charge in [-0.05, 0) is 6.07 Å². The van der Waals surface area contributed by atoms with Crippen molar-refractivity contribution >= 4 is 28.9 Å². The summed E-state index contributed by atoms with van der Waals surface area (Å²) in [5, 5.41) is 16.4. The molecule has 6 nitrogen and oxygen atoms in total. The second kappa shape index (κ2) is 7.06. The number of nitro benzene ring substituents is 1. The Morgan fingerprint density at radius 1 is 1.47 bits per heavy atom. The van der Waals surface area contributed by atoms with Gasteiger partial charge in [0.1, 0.15) is 0 Å². The number of carbonyl (C=O) groups excluding carboxylic acids is 1. The zero-order valence-corrected chi connectivity index (χ0v) is 11.5. The van der Waals surface area contributed by atoms with Crippen molar-refractivity contribution in [2.24, 2.45) is 0 Å². The van der Waals surface area contributed by atoms with E-state index in [1.54, 1.807) is 0 Å². The van der Waals surface area contributed by atoms with Crippen molar-refractivity contribution in [3.8, 4) is 0 Å². The molecule has 0 aliphatic rings. The Labute approximate surface area is 116 Å². The molecule has 1 aromatic carbocycles. The first-order valence-electron chi connectivity index (χ1n) is 5.87. The highest BCUT2D eigenvalue weighted by Crippen LogP contribution is 2.26. The van der Waals surface area contributed by atoms with Crippen molar-refractivity contribution in [1.29, 1.82) is 0 Å². The van der Waals surface area contributed by atoms with Gasteiger partial charge in [0.25, 0.3) is 5.69 Å². The van der Waals surface area contributed by atoms with Gasteiger partial charge in [-0.25, -0.2) is 0 Å². The molecule has 1 aromatic rings. The molecule has 19 heavy (non-hydrogen) atoms. The number of non-ortho nitro benzene ring substituents is 1. The van der Waals surface area contributed by atoms with Crippen molar-refractivity contribution in [3.05, 3.63) is 33.3 Å². The molecule has 7 heteroatoms. The zero-order chi connectivity index (χ0) is 14.4. The van der Waals surface area contributed by atoms with E-state index in [2.05, 4.69) is 10.6 Å². The van der Waals surface area contributed by atoms with E-state index < -0.39 is 4.92 Å². The first-order chi connectivity index (χ1) is 8.90. The van der Waals surface area contributed by atoms with E-state index in [1.807, 2.05) is 13.8 Å². The van der Waals surface area contributed by atoms with Crippen LogP contribution in [0.5, 0.6) is 0 Å². The monoisotopic (exact) mass is 285 g/mol. The molecule has 2 N–H and O–H groups in total. The van der Waals surface area contributed by atoms with Crippen LogP contribution in [-0.4, -0.2) is 23.4 Å². The van der Waals surface area contributed by atoms with Crippen LogP contribution in [-0.2, 0) is 4.79 Å². The number of halogens is 1. The van der Waals surface area contributed by atoms with Gasteiger partial charge >= 0.3 is 0 Å². The molecule has 0 aliphatic carbocycles. The number of hydrogen-bond donors (Lipinski definition) is 2. The number of hydrogen-bond acceptors (Lipinski definition) is 4. The summed E-state index contributed by atoms with van der Waals surface area (Å²) in [5.74, 6) is -0.191. The van der Waals surface area contributed by atoms with Crippen molar-refractivity contribution in [2.75, 3.05) is 11.9 Å². The average Bonchev–Trinajstić information content (AvgIpc) is 2.31. The Hall–Kier alpha value is -1.66. The lowest BCUT2D eigenvalue weighted by Crippen LogP contribution is -2.27. The van der Waals surface area contributed by atoms with Crippen molar-refractivity contribution < 1.29 is 9.72 Å². The number of benzene rings is 1. The summed E-state index contributed by atoms with van der Waals surface area (Å²) < 4.78 is 0. The second-order valence-electron chi connectivity index (χ2n) is 4.33. The molecule has 104 valence electrons. The van der Waals surface area contributed by atoms with E-state index in [9.17, 15) is 14.9 Å². The first-order valence-corrected chi connectivity index (χ1v) is 6.25. The molecule has 0 aliphatic heterocycles. The summed E-state index contributed by atoms with van der Waals surface area (Å²) in [6, 6.07) is 4.25. The fraction of sp³-hybridized carbons (Fsp3) is 0.417. The summed E-state index contributed by atoms with van der Waals surface area (Å²) in [6.45, 7) is 4.55. The molecular formula is C12H16ClN3O3. The maximum absolute atomic E-state index is 11.6. The second-order valence-corrected chi connectivity index (χ2v) is 4.74. The van der Waals surface area contributed by atoms with Gasteiger partial charge in [0.2, 0.25) is 5.91 Å². The maximum Gasteiger partial charge on any atom is 0.271 e. The Balaban J connectivity index is 2.57. The summed E-state index contributed by atoms with van der Waals surface area (Å²) in [7, 11) is 0. The minimum absolute atomic E-state index is 0.107. The molecule has 0 fully saturated rings. The lowest BCUT2D eigenvalue weighted by atomic mass is 10.2. The maximum atomic E-state index is 11.6. The van der Waals surface area contributed by atoms with Gasteiger partial charge < -0.3 is 10.6 Å². The smallest absolute Gasteiger partial charge is 0.271 e. The Morgan fingerprint density at radius 3 is 2.68 bits per heavy atom. The molecular weight excluding hydrogens is 270 g/mol. The molecule has 0 saturated heterocycles. The standard InChI is InChI=1S/C12H16ClN3O3/c1-8(2)14-6-5-12(17)15-11-4-3-9(16(18)19)7-10(11)13/h3-4,7-8,14H,5-6H2,1-2H3,(H,15,17). The summed E-state index contributed by atoms with van der Waals surface area (Å²) >= 11 is 5.87. The number of rotatable bonds is 6. The van der Waals surface area contributed by atoms with Crippen LogP contribution in [0.4, 0.5) is 11.4 Å². The van der Waals surface area contributed by atoms with Gasteiger partial charge in [-0.1, -0.05) is 25.4 Å². The molecule has 1 rings (SSSR count). The number of anilines is 1. The molecule has 0 aromatic heterocycles. The number of amides is 1. The van der Waals surface area contributed by atoms with Gasteiger partial charge in [-0.2, -0.15) is 0 Å². The van der Waals surface area contributed by atoms with E-state index in [0.717, 1.165) is 0 Å². The number of nitro groups is 1. The molecule has 0 unspecified atom stereocenters. The molecule has 0 spiro atoms. The zero-order valence-electron chi connectivity index (χ0n) is 10.8. The van der Waals surface area contributed by atoms with Crippen LogP contribution in [0, 0.1) is 10.1 Å². The predicted molar refractivity (Wildman–Crippen MR) is 74.5 cm³/mol. The van der Waals surface area contributed by atoms with E-state index >= 15 is 0 Å². The molecule has 0 radical (unpaired) electrons. The summed E-state index contributed by atoms with van der Waals surface area (Å²) in [6.07, 6.45) is 0.311. The van der Waals surface area contributed by atoms with Crippen molar-refractivity contribution in [3.63, 3.8) is 0 Å². The lowest BCUT2D eigenvalue weighted by Gasteiger charge is -2.09. The quantitative estimate of drug-likeness (QED) is 0.621. The van der Waals surface area contributed by atoms with E-state index in [4.69, 9.17) is 11.6 Å². The van der Waals surface area contributed by atoms with Gasteiger partial charge in [0, 0.05) is 31.1 Å². The largest absolute Gasteiger partial charge is 0.325 e. The third kappa shape index (κ3) is 5.23. The third-order valence-electron chi connectivity index (χ3n) is 2.34. The Kier molecular flexibility index (Phi) is 5.72. The minimum atomic E-state index is -0.538. The van der Waals surface area contributed by atoms with Crippen LogP contribution in [0.2, 0.25) is 5.02 Å². The molecule has 0 bridgehead atoms. The fourth-order valence-corrected chi connectivity index (χ4v) is 1.63. The Morgan fingerprint density at radius 2 is 2.16 bits per heavy atom. The topological polar surface area (TPSA) is 84.3 Å². The van der Waals surface area contributed by atoms with Gasteiger partial charge in [0.15, 0.2) is 0 Å². The van der Waals surface area contributed by atoms with Crippen LogP contribution in [0.15, 0.2) is 18.2 Å². The molecule has 0 saturated carbocycles. The Bertz CT molecular complexity index is 477. The van der Waals surface area contributed by atoms with Gasteiger partial charge in [-0.15, -0.1) is 0 Å². The number of carbonyl (C=O) groups is 1. The normalized spacial score (nSPS) is 10.5. The lowest BCUT2D eigenvalue weighted by molar-refractivity contribution is -0.384. The van der Waals surface area contributed by atoms with Crippen molar-refractivity contribution in [2.45, 2.75) is 26.3 Å². The highest BCUT2D eigenvalue weighted by Gasteiger charge is 2.11. The van der Waals surface area contributed by atoms with E-state index in [-0.39, 0.29) is 16.6 Å². The molecule has 1 amide bonds. The highest BCUT2D eigenvalue weighted by atomic mass is 35.5. The third-order valence-corrected chi connectivity index (χ3v) is 2.65. The predicted octanol–water partition coefficient (Wildman–Crippen LogP) is 2.57. The van der Waals surface area contributed by atoms with Crippen LogP contribution < -0.4 is 10.6 Å². The number of nitrogens with one attached hydrogen (secondary N) is 2. The first kappa shape index (κ1) is 15.4. The summed E-state index contributed by atoms with van der Waals surface area (Å²) in [5.41, 5.74) is 0.270. The van der Waals surface area contributed by atoms with Crippen LogP contribution >= 0.6 is 11.6 Å².